The second kappa shape index (κ2) is 5.05. The molecule has 2 aromatic carbocycles. The number of hydrogen-bond acceptors (Lipinski definition) is 5. The van der Waals surface area contributed by atoms with Gasteiger partial charge in [-0.05, 0) is 24.3 Å². The van der Waals surface area contributed by atoms with E-state index in [9.17, 15) is 0 Å². The van der Waals surface area contributed by atoms with Gasteiger partial charge in [0.2, 0.25) is 5.88 Å². The molecule has 0 saturated carbocycles. The number of anilines is 1. The topological polar surface area (TPSA) is 70.3 Å². The number of hydrogen-bond donors (Lipinski definition) is 1. The van der Waals surface area contributed by atoms with Gasteiger partial charge in [0.15, 0.2) is 5.75 Å². The van der Waals surface area contributed by atoms with Gasteiger partial charge in [0, 0.05) is 6.07 Å². The number of fused-ring (bicyclic) bond motifs is 1. The summed E-state index contributed by atoms with van der Waals surface area (Å²) in [6, 6.07) is 12.8. The van der Waals surface area contributed by atoms with Crippen LogP contribution in [0, 0.1) is 0 Å². The average Bonchev–Trinajstić information content (AvgIpc) is 2.49. The highest BCUT2D eigenvalue weighted by atomic mass is 16.5. The predicted molar refractivity (Wildman–Crippen MR) is 77.0 cm³/mol. The largest absolute Gasteiger partial charge is 0.497 e. The first kappa shape index (κ1) is 12.2. The molecule has 0 fully saturated rings. The summed E-state index contributed by atoms with van der Waals surface area (Å²) in [4.78, 5) is 8.67. The summed E-state index contributed by atoms with van der Waals surface area (Å²) in [6.07, 6.45) is 1.58. The fourth-order valence-corrected chi connectivity index (χ4v) is 1.85. The van der Waals surface area contributed by atoms with E-state index in [0.717, 1.165) is 11.0 Å². The van der Waals surface area contributed by atoms with Gasteiger partial charge in [0.25, 0.3) is 0 Å². The molecule has 0 aliphatic rings. The van der Waals surface area contributed by atoms with Crippen molar-refractivity contribution in [2.24, 2.45) is 0 Å². The zero-order chi connectivity index (χ0) is 13.9. The summed E-state index contributed by atoms with van der Waals surface area (Å²) in [5.41, 5.74) is 7.99. The molecule has 20 heavy (non-hydrogen) atoms. The third-order valence-electron chi connectivity index (χ3n) is 2.86. The minimum atomic E-state index is 0.403. The molecule has 0 atom stereocenters. The van der Waals surface area contributed by atoms with Crippen molar-refractivity contribution in [1.82, 2.24) is 9.97 Å². The summed E-state index contributed by atoms with van der Waals surface area (Å²) >= 11 is 0. The molecular weight excluding hydrogens is 254 g/mol. The van der Waals surface area contributed by atoms with Crippen molar-refractivity contribution in [3.05, 3.63) is 48.7 Å². The maximum Gasteiger partial charge on any atom is 0.238 e. The van der Waals surface area contributed by atoms with Gasteiger partial charge in [0.1, 0.15) is 5.75 Å². The minimum absolute atomic E-state index is 0.403. The van der Waals surface area contributed by atoms with Crippen molar-refractivity contribution in [2.45, 2.75) is 0 Å². The van der Waals surface area contributed by atoms with Gasteiger partial charge in [0.05, 0.1) is 30.0 Å². The van der Waals surface area contributed by atoms with Crippen LogP contribution in [-0.4, -0.2) is 17.1 Å². The van der Waals surface area contributed by atoms with Gasteiger partial charge in [-0.3, -0.25) is 0 Å². The lowest BCUT2D eigenvalue weighted by molar-refractivity contribution is 0.412. The summed E-state index contributed by atoms with van der Waals surface area (Å²) in [5, 5.41) is 0. The van der Waals surface area contributed by atoms with E-state index in [4.69, 9.17) is 15.2 Å². The van der Waals surface area contributed by atoms with E-state index < -0.39 is 0 Å². The van der Waals surface area contributed by atoms with Gasteiger partial charge in [-0.15, -0.1) is 0 Å². The first-order valence-electron chi connectivity index (χ1n) is 6.09. The van der Waals surface area contributed by atoms with E-state index in [1.165, 1.54) is 0 Å². The Morgan fingerprint density at radius 3 is 2.60 bits per heavy atom. The third-order valence-corrected chi connectivity index (χ3v) is 2.86. The fourth-order valence-electron chi connectivity index (χ4n) is 1.85. The van der Waals surface area contributed by atoms with Crippen molar-refractivity contribution in [3.63, 3.8) is 0 Å². The van der Waals surface area contributed by atoms with Crippen LogP contribution in [0.5, 0.6) is 17.4 Å². The zero-order valence-electron chi connectivity index (χ0n) is 10.9. The summed E-state index contributed by atoms with van der Waals surface area (Å²) in [6.45, 7) is 0. The number of benzene rings is 2. The van der Waals surface area contributed by atoms with Crippen LogP contribution < -0.4 is 15.2 Å². The van der Waals surface area contributed by atoms with Crippen LogP contribution in [0.3, 0.4) is 0 Å². The summed E-state index contributed by atoms with van der Waals surface area (Å²) in [5.74, 6) is 1.61. The van der Waals surface area contributed by atoms with E-state index in [1.54, 1.807) is 31.5 Å². The van der Waals surface area contributed by atoms with Crippen LogP contribution in [0.25, 0.3) is 11.0 Å². The number of nitrogens with zero attached hydrogens (tertiary/aromatic N) is 2. The maximum absolute atomic E-state index is 5.90. The Kier molecular flexibility index (Phi) is 3.09. The Labute approximate surface area is 116 Å². The quantitative estimate of drug-likeness (QED) is 0.739. The van der Waals surface area contributed by atoms with E-state index >= 15 is 0 Å². The lowest BCUT2D eigenvalue weighted by Crippen LogP contribution is -1.95. The molecule has 0 bridgehead atoms. The maximum atomic E-state index is 5.90. The third kappa shape index (κ3) is 2.33. The molecule has 1 aromatic heterocycles. The Bertz CT molecular complexity index is 759. The number of ether oxygens (including phenoxy) is 2. The van der Waals surface area contributed by atoms with Crippen LogP contribution in [0.4, 0.5) is 5.69 Å². The molecule has 1 heterocycles. The molecule has 0 saturated heterocycles. The van der Waals surface area contributed by atoms with Crippen LogP contribution in [-0.2, 0) is 0 Å². The fraction of sp³-hybridized carbons (Fsp3) is 0.0667. The van der Waals surface area contributed by atoms with Gasteiger partial charge < -0.3 is 15.2 Å². The van der Waals surface area contributed by atoms with Gasteiger partial charge in [-0.2, -0.15) is 0 Å². The molecule has 0 amide bonds. The number of aromatic nitrogens is 2. The highest BCUT2D eigenvalue weighted by Gasteiger charge is 2.06. The molecule has 0 unspecified atom stereocenters. The monoisotopic (exact) mass is 267 g/mol. The molecule has 100 valence electrons. The van der Waals surface area contributed by atoms with E-state index in [1.807, 2.05) is 24.3 Å². The minimum Gasteiger partial charge on any atom is -0.497 e. The molecule has 3 rings (SSSR count). The van der Waals surface area contributed by atoms with Crippen LogP contribution in [0.1, 0.15) is 0 Å². The number of nitrogens with two attached hydrogens (primary N) is 1. The SMILES string of the molecule is COc1ccc(Oc2cnc3ccccc3n2)c(N)c1. The smallest absolute Gasteiger partial charge is 0.238 e. The normalized spacial score (nSPS) is 10.4. The number of methoxy groups -OCH3 is 1. The second-order valence-electron chi connectivity index (χ2n) is 4.20. The van der Waals surface area contributed by atoms with Crippen LogP contribution >= 0.6 is 0 Å². The van der Waals surface area contributed by atoms with Crippen LogP contribution in [0.2, 0.25) is 0 Å². The molecule has 0 spiro atoms. The lowest BCUT2D eigenvalue weighted by Gasteiger charge is -2.09. The van der Waals surface area contributed by atoms with Crippen molar-refractivity contribution in [3.8, 4) is 17.4 Å². The Hall–Kier alpha value is -2.82. The summed E-state index contributed by atoms with van der Waals surface area (Å²) in [7, 11) is 1.59. The molecule has 2 N–H and O–H groups in total. The average molecular weight is 267 g/mol. The number of rotatable bonds is 3. The lowest BCUT2D eigenvalue weighted by atomic mass is 10.3. The van der Waals surface area contributed by atoms with E-state index in [-0.39, 0.29) is 0 Å². The Morgan fingerprint density at radius 1 is 1.05 bits per heavy atom. The molecule has 3 aromatic rings. The van der Waals surface area contributed by atoms with Gasteiger partial charge in [-0.25, -0.2) is 9.97 Å². The standard InChI is InChI=1S/C15H13N3O2/c1-19-10-6-7-14(11(16)8-10)20-15-9-17-12-4-2-3-5-13(12)18-15/h2-9H,16H2,1H3. The Morgan fingerprint density at radius 2 is 1.85 bits per heavy atom. The van der Waals surface area contributed by atoms with Gasteiger partial charge in [-0.1, -0.05) is 12.1 Å². The van der Waals surface area contributed by atoms with Crippen molar-refractivity contribution in [2.75, 3.05) is 12.8 Å². The molecule has 0 aliphatic carbocycles. The summed E-state index contributed by atoms with van der Waals surface area (Å²) < 4.78 is 10.8. The molecule has 5 heteroatoms. The highest BCUT2D eigenvalue weighted by molar-refractivity contribution is 5.74. The van der Waals surface area contributed by atoms with Crippen molar-refractivity contribution in [1.29, 1.82) is 0 Å². The van der Waals surface area contributed by atoms with E-state index in [0.29, 0.717) is 23.1 Å². The molecule has 0 aliphatic heterocycles. The first-order chi connectivity index (χ1) is 9.76. The Balaban J connectivity index is 1.92. The number of para-hydroxylation sites is 2. The van der Waals surface area contributed by atoms with Crippen molar-refractivity contribution < 1.29 is 9.47 Å². The molecular formula is C15H13N3O2. The predicted octanol–water partition coefficient (Wildman–Crippen LogP) is 3.01. The number of nitrogen functional groups attached to an aromatic ring is 1. The zero-order valence-corrected chi connectivity index (χ0v) is 10.9. The van der Waals surface area contributed by atoms with Gasteiger partial charge >= 0.3 is 0 Å². The molecule has 0 radical (unpaired) electrons. The molecule has 5 nitrogen and oxygen atoms in total. The highest BCUT2D eigenvalue weighted by Crippen LogP contribution is 2.29. The van der Waals surface area contributed by atoms with E-state index in [2.05, 4.69) is 9.97 Å². The first-order valence-corrected chi connectivity index (χ1v) is 6.09. The van der Waals surface area contributed by atoms with Crippen LogP contribution in [0.15, 0.2) is 48.7 Å². The van der Waals surface area contributed by atoms with Crippen molar-refractivity contribution >= 4 is 16.7 Å². The second-order valence-corrected chi connectivity index (χ2v) is 4.20.